The zero-order valence-corrected chi connectivity index (χ0v) is 11.0. The third-order valence-corrected chi connectivity index (χ3v) is 3.34. The highest BCUT2D eigenvalue weighted by Crippen LogP contribution is 2.16. The summed E-state index contributed by atoms with van der Waals surface area (Å²) < 4.78 is 3.42. The van der Waals surface area contributed by atoms with Crippen LogP contribution in [0, 0.1) is 6.92 Å². The Morgan fingerprint density at radius 1 is 1.24 bits per heavy atom. The van der Waals surface area contributed by atoms with Crippen LogP contribution in [0.1, 0.15) is 18.3 Å². The van der Waals surface area contributed by atoms with Gasteiger partial charge in [-0.05, 0) is 37.6 Å². The number of nitrogens with zero attached hydrogens (tertiary/aromatic N) is 2. The molecule has 90 valence electrons. The fraction of sp³-hybridized carbons (Fsp3) is 0.308. The maximum Gasteiger partial charge on any atom is 0.332 e. The molecule has 2 aromatic rings. The second-order valence-electron chi connectivity index (χ2n) is 4.04. The predicted molar refractivity (Wildman–Crippen MR) is 70.1 cm³/mol. The van der Waals surface area contributed by atoms with Crippen LogP contribution >= 0.6 is 11.6 Å². The molecule has 0 unspecified atom stereocenters. The summed E-state index contributed by atoms with van der Waals surface area (Å²) in [5, 5.41) is 0.674. The SMILES string of the molecule is CCc1c(C)n(C)c(=O)n1-c1ccc(Cl)cc1. The molecule has 0 N–H and O–H groups in total. The van der Waals surface area contributed by atoms with Crippen molar-refractivity contribution in [3.05, 3.63) is 51.2 Å². The Morgan fingerprint density at radius 2 is 1.82 bits per heavy atom. The summed E-state index contributed by atoms with van der Waals surface area (Å²) in [6, 6.07) is 7.32. The summed E-state index contributed by atoms with van der Waals surface area (Å²) in [6.07, 6.45) is 0.824. The highest BCUT2D eigenvalue weighted by Gasteiger charge is 2.13. The quantitative estimate of drug-likeness (QED) is 0.805. The van der Waals surface area contributed by atoms with E-state index in [1.54, 1.807) is 28.3 Å². The van der Waals surface area contributed by atoms with Crippen LogP contribution in [0.2, 0.25) is 5.02 Å². The first-order valence-corrected chi connectivity index (χ1v) is 5.97. The Kier molecular flexibility index (Phi) is 3.11. The Labute approximate surface area is 105 Å². The van der Waals surface area contributed by atoms with Gasteiger partial charge in [0.2, 0.25) is 0 Å². The highest BCUT2D eigenvalue weighted by atomic mass is 35.5. The second kappa shape index (κ2) is 4.41. The van der Waals surface area contributed by atoms with E-state index >= 15 is 0 Å². The van der Waals surface area contributed by atoms with Gasteiger partial charge in [0, 0.05) is 23.5 Å². The number of imidazole rings is 1. The van der Waals surface area contributed by atoms with Crippen LogP contribution in [-0.4, -0.2) is 9.13 Å². The van der Waals surface area contributed by atoms with Crippen LogP contribution in [-0.2, 0) is 13.5 Å². The number of hydrogen-bond donors (Lipinski definition) is 0. The monoisotopic (exact) mass is 250 g/mol. The van der Waals surface area contributed by atoms with Crippen LogP contribution in [0.5, 0.6) is 0 Å². The number of halogens is 1. The molecule has 0 fully saturated rings. The van der Waals surface area contributed by atoms with Gasteiger partial charge in [0.15, 0.2) is 0 Å². The van der Waals surface area contributed by atoms with Crippen molar-refractivity contribution in [2.24, 2.45) is 7.05 Å². The van der Waals surface area contributed by atoms with Crippen LogP contribution in [0.4, 0.5) is 0 Å². The van der Waals surface area contributed by atoms with Crippen LogP contribution in [0.3, 0.4) is 0 Å². The molecular weight excluding hydrogens is 236 g/mol. The average molecular weight is 251 g/mol. The first-order valence-electron chi connectivity index (χ1n) is 5.59. The third kappa shape index (κ3) is 1.91. The van der Waals surface area contributed by atoms with E-state index in [4.69, 9.17) is 11.6 Å². The highest BCUT2D eigenvalue weighted by molar-refractivity contribution is 6.30. The molecule has 0 radical (unpaired) electrons. The first-order chi connectivity index (χ1) is 8.06. The van der Waals surface area contributed by atoms with E-state index in [0.717, 1.165) is 23.5 Å². The standard InChI is InChI=1S/C13H15ClN2O/c1-4-12-9(2)15(3)13(17)16(12)11-7-5-10(14)6-8-11/h5-8H,4H2,1-3H3. The Morgan fingerprint density at radius 3 is 2.35 bits per heavy atom. The Bertz CT molecular complexity index is 593. The van der Waals surface area contributed by atoms with Crippen molar-refractivity contribution in [3.63, 3.8) is 0 Å². The molecule has 17 heavy (non-hydrogen) atoms. The minimum Gasteiger partial charge on any atom is -0.299 e. The van der Waals surface area contributed by atoms with Crippen molar-refractivity contribution in [1.29, 1.82) is 0 Å². The van der Waals surface area contributed by atoms with Gasteiger partial charge in [-0.15, -0.1) is 0 Å². The van der Waals surface area contributed by atoms with Gasteiger partial charge in [0.1, 0.15) is 0 Å². The lowest BCUT2D eigenvalue weighted by molar-refractivity contribution is 0.802. The lowest BCUT2D eigenvalue weighted by Gasteiger charge is -2.06. The molecule has 0 spiro atoms. The smallest absolute Gasteiger partial charge is 0.299 e. The normalized spacial score (nSPS) is 10.8. The minimum absolute atomic E-state index is 0.0123. The molecule has 1 heterocycles. The molecule has 4 heteroatoms. The maximum absolute atomic E-state index is 12.1. The second-order valence-corrected chi connectivity index (χ2v) is 4.48. The summed E-state index contributed by atoms with van der Waals surface area (Å²) in [6.45, 7) is 4.01. The van der Waals surface area contributed by atoms with Gasteiger partial charge in [-0.25, -0.2) is 4.79 Å². The summed E-state index contributed by atoms with van der Waals surface area (Å²) in [4.78, 5) is 12.1. The van der Waals surface area contributed by atoms with E-state index in [-0.39, 0.29) is 5.69 Å². The Balaban J connectivity index is 2.71. The fourth-order valence-electron chi connectivity index (χ4n) is 2.03. The van der Waals surface area contributed by atoms with Gasteiger partial charge < -0.3 is 0 Å². The number of hydrogen-bond acceptors (Lipinski definition) is 1. The molecule has 0 saturated carbocycles. The zero-order chi connectivity index (χ0) is 12.6. The number of benzene rings is 1. The van der Waals surface area contributed by atoms with E-state index < -0.39 is 0 Å². The molecule has 0 atom stereocenters. The molecule has 0 bridgehead atoms. The number of rotatable bonds is 2. The molecule has 1 aromatic carbocycles. The van der Waals surface area contributed by atoms with Crippen molar-refractivity contribution in [1.82, 2.24) is 9.13 Å². The van der Waals surface area contributed by atoms with Crippen molar-refractivity contribution in [2.75, 3.05) is 0 Å². The van der Waals surface area contributed by atoms with Crippen molar-refractivity contribution >= 4 is 11.6 Å². The van der Waals surface area contributed by atoms with E-state index in [9.17, 15) is 4.79 Å². The van der Waals surface area contributed by atoms with Crippen LogP contribution in [0.25, 0.3) is 5.69 Å². The predicted octanol–water partition coefficient (Wildman–Crippen LogP) is 2.70. The van der Waals surface area contributed by atoms with E-state index in [1.807, 2.05) is 26.0 Å². The van der Waals surface area contributed by atoms with Crippen molar-refractivity contribution in [2.45, 2.75) is 20.3 Å². The van der Waals surface area contributed by atoms with Gasteiger partial charge in [-0.3, -0.25) is 9.13 Å². The molecule has 3 nitrogen and oxygen atoms in total. The lowest BCUT2D eigenvalue weighted by Crippen LogP contribution is -2.21. The fourth-order valence-corrected chi connectivity index (χ4v) is 2.16. The van der Waals surface area contributed by atoms with Gasteiger partial charge in [-0.2, -0.15) is 0 Å². The summed E-state index contributed by atoms with van der Waals surface area (Å²) >= 11 is 5.86. The van der Waals surface area contributed by atoms with E-state index in [0.29, 0.717) is 5.02 Å². The van der Waals surface area contributed by atoms with Gasteiger partial charge in [0.05, 0.1) is 5.69 Å². The summed E-state index contributed by atoms with van der Waals surface area (Å²) in [5.74, 6) is 0. The zero-order valence-electron chi connectivity index (χ0n) is 10.2. The molecule has 0 amide bonds. The first kappa shape index (κ1) is 12.0. The lowest BCUT2D eigenvalue weighted by atomic mass is 10.2. The third-order valence-electron chi connectivity index (χ3n) is 3.09. The van der Waals surface area contributed by atoms with Gasteiger partial charge >= 0.3 is 5.69 Å². The molecule has 0 saturated heterocycles. The summed E-state index contributed by atoms with van der Waals surface area (Å²) in [5.41, 5.74) is 2.90. The molecular formula is C13H15ClN2O. The van der Waals surface area contributed by atoms with Gasteiger partial charge in [0.25, 0.3) is 0 Å². The van der Waals surface area contributed by atoms with Gasteiger partial charge in [-0.1, -0.05) is 18.5 Å². The number of aromatic nitrogens is 2. The molecule has 0 aliphatic rings. The minimum atomic E-state index is -0.0123. The molecule has 0 aliphatic carbocycles. The topological polar surface area (TPSA) is 26.9 Å². The maximum atomic E-state index is 12.1. The van der Waals surface area contributed by atoms with Crippen LogP contribution in [0.15, 0.2) is 29.1 Å². The van der Waals surface area contributed by atoms with Crippen molar-refractivity contribution in [3.8, 4) is 5.69 Å². The molecule has 1 aromatic heterocycles. The molecule has 0 aliphatic heterocycles. The largest absolute Gasteiger partial charge is 0.332 e. The average Bonchev–Trinajstić information content (AvgIpc) is 2.54. The van der Waals surface area contributed by atoms with E-state index in [2.05, 4.69) is 0 Å². The van der Waals surface area contributed by atoms with E-state index in [1.165, 1.54) is 0 Å². The van der Waals surface area contributed by atoms with Crippen molar-refractivity contribution < 1.29 is 0 Å². The summed E-state index contributed by atoms with van der Waals surface area (Å²) in [7, 11) is 1.79. The van der Waals surface area contributed by atoms with Crippen LogP contribution < -0.4 is 5.69 Å². The Hall–Kier alpha value is -1.48. The molecule has 2 rings (SSSR count).